The fraction of sp³-hybridized carbons (Fsp3) is 0.263. The molecule has 29 heavy (non-hydrogen) atoms. The molecule has 0 amide bonds. The molecule has 0 aliphatic rings. The third-order valence-corrected chi connectivity index (χ3v) is 4.08. The number of aliphatic imine (C=N–C) groups is 1. The maximum absolute atomic E-state index is 12.2. The van der Waals surface area contributed by atoms with Crippen LogP contribution in [0, 0.1) is 6.92 Å². The molecule has 10 heteroatoms. The van der Waals surface area contributed by atoms with Gasteiger partial charge >= 0.3 is 6.36 Å². The van der Waals surface area contributed by atoms with Crippen LogP contribution in [0.25, 0.3) is 11.0 Å². The number of alkyl halides is 3. The van der Waals surface area contributed by atoms with E-state index in [1.807, 2.05) is 31.2 Å². The molecule has 1 aromatic heterocycles. The van der Waals surface area contributed by atoms with Gasteiger partial charge in [-0.2, -0.15) is 0 Å². The summed E-state index contributed by atoms with van der Waals surface area (Å²) < 4.78 is 42.4. The smallest absolute Gasteiger partial charge is 0.406 e. The van der Waals surface area contributed by atoms with E-state index in [0.29, 0.717) is 13.1 Å². The maximum Gasteiger partial charge on any atom is 0.573 e. The Labute approximate surface area is 183 Å². The van der Waals surface area contributed by atoms with E-state index in [9.17, 15) is 13.2 Å². The van der Waals surface area contributed by atoms with Gasteiger partial charge in [0.05, 0.1) is 17.6 Å². The van der Waals surface area contributed by atoms with Crippen LogP contribution in [0.1, 0.15) is 11.4 Å². The van der Waals surface area contributed by atoms with Crippen molar-refractivity contribution in [3.63, 3.8) is 0 Å². The van der Waals surface area contributed by atoms with Crippen molar-refractivity contribution >= 4 is 41.0 Å². The van der Waals surface area contributed by atoms with E-state index < -0.39 is 6.36 Å². The topological polar surface area (TPSA) is 77.5 Å². The van der Waals surface area contributed by atoms with Crippen LogP contribution < -0.4 is 15.8 Å². The number of aromatic nitrogens is 2. The molecule has 0 fully saturated rings. The lowest BCUT2D eigenvalue weighted by Gasteiger charge is -2.10. The molecule has 0 spiro atoms. The number of fused-ring (bicyclic) bond motifs is 1. The first-order valence-corrected chi connectivity index (χ1v) is 8.62. The van der Waals surface area contributed by atoms with Crippen molar-refractivity contribution in [1.82, 2.24) is 14.9 Å². The van der Waals surface area contributed by atoms with E-state index >= 15 is 0 Å². The number of halogens is 4. The van der Waals surface area contributed by atoms with Crippen molar-refractivity contribution < 1.29 is 17.9 Å². The molecule has 3 N–H and O–H groups in total. The Balaban J connectivity index is 0.00000300. The number of hydrogen-bond donors (Lipinski definition) is 2. The van der Waals surface area contributed by atoms with Gasteiger partial charge in [-0.05, 0) is 36.8 Å². The van der Waals surface area contributed by atoms with Gasteiger partial charge in [0.15, 0.2) is 5.96 Å². The van der Waals surface area contributed by atoms with Gasteiger partial charge in [0, 0.05) is 13.1 Å². The lowest BCUT2D eigenvalue weighted by molar-refractivity contribution is -0.274. The largest absolute Gasteiger partial charge is 0.573 e. The summed E-state index contributed by atoms with van der Waals surface area (Å²) >= 11 is 0. The fourth-order valence-electron chi connectivity index (χ4n) is 2.80. The van der Waals surface area contributed by atoms with E-state index in [2.05, 4.69) is 24.6 Å². The number of guanidine groups is 1. The summed E-state index contributed by atoms with van der Waals surface area (Å²) in [6, 6.07) is 13.4. The zero-order valence-electron chi connectivity index (χ0n) is 15.6. The van der Waals surface area contributed by atoms with Crippen LogP contribution in [0.2, 0.25) is 0 Å². The molecule has 0 saturated carbocycles. The highest BCUT2D eigenvalue weighted by Crippen LogP contribution is 2.22. The van der Waals surface area contributed by atoms with E-state index in [-0.39, 0.29) is 42.2 Å². The molecule has 3 aromatic rings. The Hall–Kier alpha value is -2.50. The van der Waals surface area contributed by atoms with Crippen LogP contribution in [0.3, 0.4) is 0 Å². The van der Waals surface area contributed by atoms with Gasteiger partial charge in [-0.25, -0.2) is 9.98 Å². The van der Waals surface area contributed by atoms with Crippen molar-refractivity contribution in [1.29, 1.82) is 0 Å². The Morgan fingerprint density at radius 1 is 1.17 bits per heavy atom. The van der Waals surface area contributed by atoms with Gasteiger partial charge in [-0.3, -0.25) is 0 Å². The second-order valence-electron chi connectivity index (χ2n) is 6.12. The number of nitrogens with two attached hydrogens (primary N) is 1. The van der Waals surface area contributed by atoms with Crippen molar-refractivity contribution in [3.8, 4) is 5.75 Å². The van der Waals surface area contributed by atoms with Crippen LogP contribution in [0.4, 0.5) is 13.2 Å². The summed E-state index contributed by atoms with van der Waals surface area (Å²) in [6.45, 7) is 3.43. The quantitative estimate of drug-likeness (QED) is 0.294. The molecule has 0 atom stereocenters. The van der Waals surface area contributed by atoms with Gasteiger partial charge in [0.2, 0.25) is 0 Å². The van der Waals surface area contributed by atoms with Crippen molar-refractivity contribution in [2.45, 2.75) is 26.4 Å². The third-order valence-electron chi connectivity index (χ3n) is 4.08. The minimum Gasteiger partial charge on any atom is -0.406 e. The first-order valence-electron chi connectivity index (χ1n) is 8.62. The fourth-order valence-corrected chi connectivity index (χ4v) is 2.80. The van der Waals surface area contributed by atoms with Crippen LogP contribution >= 0.6 is 24.0 Å². The highest BCUT2D eigenvalue weighted by atomic mass is 127. The monoisotopic (exact) mass is 519 g/mol. The molecule has 0 aliphatic carbocycles. The van der Waals surface area contributed by atoms with Crippen molar-refractivity contribution in [2.75, 3.05) is 6.54 Å². The van der Waals surface area contributed by atoms with E-state index in [0.717, 1.165) is 22.4 Å². The second kappa shape index (κ2) is 9.81. The first kappa shape index (κ1) is 22.8. The molecule has 2 aromatic carbocycles. The van der Waals surface area contributed by atoms with Gasteiger partial charge in [0.25, 0.3) is 0 Å². The second-order valence-corrected chi connectivity index (χ2v) is 6.12. The molecule has 1 heterocycles. The van der Waals surface area contributed by atoms with E-state index in [1.165, 1.54) is 24.3 Å². The molecular weight excluding hydrogens is 498 g/mol. The number of nitrogens with zero attached hydrogens (tertiary/aromatic N) is 3. The third kappa shape index (κ3) is 6.51. The lowest BCUT2D eigenvalue weighted by atomic mass is 10.2. The Morgan fingerprint density at radius 3 is 2.55 bits per heavy atom. The van der Waals surface area contributed by atoms with Crippen LogP contribution in [0.5, 0.6) is 5.75 Å². The van der Waals surface area contributed by atoms with Crippen LogP contribution in [0.15, 0.2) is 53.5 Å². The predicted octanol–water partition coefficient (Wildman–Crippen LogP) is 3.97. The number of ether oxygens (including phenoxy) is 1. The average molecular weight is 519 g/mol. The molecule has 0 unspecified atom stereocenters. The number of nitrogens with one attached hydrogen (secondary N) is 1. The Morgan fingerprint density at radius 2 is 1.86 bits per heavy atom. The molecule has 3 rings (SSSR count). The minimum absolute atomic E-state index is 0. The first-order chi connectivity index (χ1) is 13.3. The van der Waals surface area contributed by atoms with Gasteiger partial charge < -0.3 is 20.4 Å². The SMILES string of the molecule is Cc1nc2ccccc2n1CCNC(N)=NCc1ccc(OC(F)(F)F)cc1.I. The molecule has 0 bridgehead atoms. The van der Waals surface area contributed by atoms with Gasteiger partial charge in [0.1, 0.15) is 11.6 Å². The van der Waals surface area contributed by atoms with Crippen molar-refractivity contribution in [3.05, 3.63) is 59.9 Å². The normalized spacial score (nSPS) is 11.9. The zero-order valence-corrected chi connectivity index (χ0v) is 17.9. The Kier molecular flexibility index (Phi) is 7.71. The summed E-state index contributed by atoms with van der Waals surface area (Å²) in [4.78, 5) is 8.71. The lowest BCUT2D eigenvalue weighted by Crippen LogP contribution is -2.34. The predicted molar refractivity (Wildman–Crippen MR) is 116 cm³/mol. The summed E-state index contributed by atoms with van der Waals surface area (Å²) in [6.07, 6.45) is -4.70. The molecular formula is C19H21F3IN5O. The molecule has 156 valence electrons. The number of benzene rings is 2. The number of aryl methyl sites for hydroxylation is 1. The highest BCUT2D eigenvalue weighted by Gasteiger charge is 2.30. The molecule has 6 nitrogen and oxygen atoms in total. The maximum atomic E-state index is 12.2. The number of para-hydroxylation sites is 2. The average Bonchev–Trinajstić information content (AvgIpc) is 2.95. The van der Waals surface area contributed by atoms with Gasteiger partial charge in [-0.15, -0.1) is 37.1 Å². The number of hydrogen-bond acceptors (Lipinski definition) is 3. The summed E-state index contributed by atoms with van der Waals surface area (Å²) in [7, 11) is 0. The zero-order chi connectivity index (χ0) is 20.1. The highest BCUT2D eigenvalue weighted by molar-refractivity contribution is 14.0. The molecule has 0 radical (unpaired) electrons. The minimum atomic E-state index is -4.70. The van der Waals surface area contributed by atoms with Crippen LogP contribution in [-0.4, -0.2) is 28.4 Å². The van der Waals surface area contributed by atoms with Crippen molar-refractivity contribution in [2.24, 2.45) is 10.7 Å². The Bertz CT molecular complexity index is 970. The summed E-state index contributed by atoms with van der Waals surface area (Å²) in [5.41, 5.74) is 8.58. The standard InChI is InChI=1S/C19H20F3N5O.HI/c1-13-26-16-4-2-3-5-17(16)27(13)11-10-24-18(23)25-12-14-6-8-15(9-7-14)28-19(20,21)22;/h2-9H,10-12H2,1H3,(H3,23,24,25);1H. The number of imidazole rings is 1. The van der Waals surface area contributed by atoms with E-state index in [1.54, 1.807) is 0 Å². The van der Waals surface area contributed by atoms with Crippen LogP contribution in [-0.2, 0) is 13.1 Å². The van der Waals surface area contributed by atoms with Gasteiger partial charge in [-0.1, -0.05) is 24.3 Å². The molecule has 0 aliphatic heterocycles. The molecule has 0 saturated heterocycles. The number of rotatable bonds is 6. The summed E-state index contributed by atoms with van der Waals surface area (Å²) in [5.74, 6) is 0.909. The summed E-state index contributed by atoms with van der Waals surface area (Å²) in [5, 5.41) is 3.03. The van der Waals surface area contributed by atoms with E-state index in [4.69, 9.17) is 5.73 Å².